The normalized spacial score (nSPS) is 12.7. The first kappa shape index (κ1) is 9.92. The summed E-state index contributed by atoms with van der Waals surface area (Å²) in [6.07, 6.45) is 0. The molecule has 1 unspecified atom stereocenters. The summed E-state index contributed by atoms with van der Waals surface area (Å²) in [5.41, 5.74) is -0.176. The molecule has 1 heterocycles. The second-order valence-corrected chi connectivity index (χ2v) is 3.66. The van der Waals surface area contributed by atoms with Crippen molar-refractivity contribution in [2.24, 2.45) is 0 Å². The van der Waals surface area contributed by atoms with Crippen LogP contribution >= 0.6 is 11.6 Å². The second-order valence-electron chi connectivity index (χ2n) is 3.03. The third-order valence-corrected chi connectivity index (χ3v) is 2.13. The van der Waals surface area contributed by atoms with E-state index >= 15 is 0 Å². The molecular formula is C9H9ClN4O. The zero-order chi connectivity index (χ0) is 10.8. The molecule has 0 saturated carbocycles. The number of benzene rings is 1. The lowest BCUT2D eigenvalue weighted by Gasteiger charge is -1.98. The molecule has 0 saturated heterocycles. The van der Waals surface area contributed by atoms with Crippen LogP contribution in [0.15, 0.2) is 35.1 Å². The van der Waals surface area contributed by atoms with Gasteiger partial charge in [-0.2, -0.15) is 9.36 Å². The van der Waals surface area contributed by atoms with Crippen LogP contribution < -0.4 is 5.69 Å². The van der Waals surface area contributed by atoms with Gasteiger partial charge in [-0.25, -0.2) is 4.79 Å². The SMILES string of the molecule is CC(Cl)n1nnn(-c2ccccc2)c1=O. The molecule has 0 aliphatic rings. The highest BCUT2D eigenvalue weighted by atomic mass is 35.5. The zero-order valence-corrected chi connectivity index (χ0v) is 8.80. The molecule has 0 bridgehead atoms. The molecule has 15 heavy (non-hydrogen) atoms. The summed E-state index contributed by atoms with van der Waals surface area (Å²) in [7, 11) is 0. The standard InChI is InChI=1S/C9H9ClN4O/c1-7(10)13-9(15)14(12-11-13)8-5-3-2-4-6-8/h2-7H,1H3. The lowest BCUT2D eigenvalue weighted by molar-refractivity contribution is 0.587. The summed E-state index contributed by atoms with van der Waals surface area (Å²) in [5.74, 6) is 0. The Hall–Kier alpha value is -1.62. The Labute approximate surface area is 90.9 Å². The summed E-state index contributed by atoms with van der Waals surface area (Å²) < 4.78 is 2.33. The molecule has 6 heteroatoms. The first-order valence-corrected chi connectivity index (χ1v) is 4.88. The minimum Gasteiger partial charge on any atom is -0.244 e. The fraction of sp³-hybridized carbons (Fsp3) is 0.222. The van der Waals surface area contributed by atoms with Crippen molar-refractivity contribution in [1.82, 2.24) is 19.8 Å². The van der Waals surface area contributed by atoms with Crippen molar-refractivity contribution in [1.29, 1.82) is 0 Å². The summed E-state index contributed by atoms with van der Waals surface area (Å²) in [4.78, 5) is 11.7. The number of hydrogen-bond acceptors (Lipinski definition) is 3. The maximum absolute atomic E-state index is 11.7. The van der Waals surface area contributed by atoms with Crippen LogP contribution in [-0.2, 0) is 0 Å². The van der Waals surface area contributed by atoms with Crippen LogP contribution in [0.5, 0.6) is 0 Å². The maximum Gasteiger partial charge on any atom is 0.369 e. The number of para-hydroxylation sites is 1. The van der Waals surface area contributed by atoms with Gasteiger partial charge in [-0.05, 0) is 29.5 Å². The first-order valence-electron chi connectivity index (χ1n) is 4.44. The minimum atomic E-state index is -0.505. The van der Waals surface area contributed by atoms with E-state index in [1.54, 1.807) is 19.1 Å². The average molecular weight is 225 g/mol. The van der Waals surface area contributed by atoms with E-state index in [-0.39, 0.29) is 5.69 Å². The van der Waals surface area contributed by atoms with Crippen molar-refractivity contribution in [2.45, 2.75) is 12.4 Å². The van der Waals surface area contributed by atoms with Crippen LogP contribution in [0.3, 0.4) is 0 Å². The monoisotopic (exact) mass is 224 g/mol. The third kappa shape index (κ3) is 1.78. The number of tetrazole rings is 1. The molecule has 1 atom stereocenters. The topological polar surface area (TPSA) is 52.7 Å². The molecular weight excluding hydrogens is 216 g/mol. The van der Waals surface area contributed by atoms with Gasteiger partial charge in [0.05, 0.1) is 5.69 Å². The molecule has 0 amide bonds. The van der Waals surface area contributed by atoms with Crippen molar-refractivity contribution >= 4 is 11.6 Å². The number of hydrogen-bond donors (Lipinski definition) is 0. The largest absolute Gasteiger partial charge is 0.369 e. The summed E-state index contributed by atoms with van der Waals surface area (Å²) in [6, 6.07) is 9.07. The summed E-state index contributed by atoms with van der Waals surface area (Å²) >= 11 is 5.76. The van der Waals surface area contributed by atoms with Gasteiger partial charge in [-0.1, -0.05) is 29.8 Å². The van der Waals surface area contributed by atoms with Gasteiger partial charge in [0, 0.05) is 0 Å². The van der Waals surface area contributed by atoms with Crippen LogP contribution in [0, 0.1) is 0 Å². The maximum atomic E-state index is 11.7. The van der Waals surface area contributed by atoms with E-state index in [1.165, 1.54) is 4.68 Å². The summed E-state index contributed by atoms with van der Waals surface area (Å²) in [6.45, 7) is 1.66. The highest BCUT2D eigenvalue weighted by Gasteiger charge is 2.11. The number of rotatable bonds is 2. The van der Waals surface area contributed by atoms with Gasteiger partial charge in [-0.15, -0.1) is 0 Å². The Kier molecular flexibility index (Phi) is 2.55. The number of aromatic nitrogens is 4. The van der Waals surface area contributed by atoms with Gasteiger partial charge >= 0.3 is 5.69 Å². The molecule has 5 nitrogen and oxygen atoms in total. The van der Waals surface area contributed by atoms with Crippen LogP contribution in [0.4, 0.5) is 0 Å². The van der Waals surface area contributed by atoms with E-state index in [9.17, 15) is 4.79 Å². The molecule has 0 radical (unpaired) electrons. The summed E-state index contributed by atoms with van der Waals surface area (Å²) in [5, 5.41) is 7.42. The Morgan fingerprint density at radius 2 is 1.93 bits per heavy atom. The van der Waals surface area contributed by atoms with Gasteiger partial charge in [0.2, 0.25) is 0 Å². The molecule has 0 fully saturated rings. The fourth-order valence-corrected chi connectivity index (χ4v) is 1.33. The van der Waals surface area contributed by atoms with Gasteiger partial charge in [0.15, 0.2) is 0 Å². The van der Waals surface area contributed by atoms with Crippen LogP contribution in [0.25, 0.3) is 5.69 Å². The smallest absolute Gasteiger partial charge is 0.244 e. The van der Waals surface area contributed by atoms with Crippen molar-refractivity contribution in [3.8, 4) is 5.69 Å². The van der Waals surface area contributed by atoms with Crippen molar-refractivity contribution in [3.05, 3.63) is 40.8 Å². The Morgan fingerprint density at radius 1 is 1.27 bits per heavy atom. The van der Waals surface area contributed by atoms with Gasteiger partial charge in [0.1, 0.15) is 5.50 Å². The van der Waals surface area contributed by atoms with E-state index < -0.39 is 5.50 Å². The molecule has 2 aromatic rings. The van der Waals surface area contributed by atoms with E-state index in [2.05, 4.69) is 10.4 Å². The van der Waals surface area contributed by atoms with Crippen LogP contribution in [0.1, 0.15) is 12.4 Å². The highest BCUT2D eigenvalue weighted by Crippen LogP contribution is 2.05. The second kappa shape index (κ2) is 3.86. The lowest BCUT2D eigenvalue weighted by Crippen LogP contribution is -2.24. The average Bonchev–Trinajstić information content (AvgIpc) is 2.61. The van der Waals surface area contributed by atoms with Gasteiger partial charge in [-0.3, -0.25) is 0 Å². The Morgan fingerprint density at radius 3 is 2.47 bits per heavy atom. The van der Waals surface area contributed by atoms with Crippen LogP contribution in [-0.4, -0.2) is 19.8 Å². The van der Waals surface area contributed by atoms with Crippen LogP contribution in [0.2, 0.25) is 0 Å². The fourth-order valence-electron chi connectivity index (χ4n) is 1.21. The Bertz CT molecular complexity index is 502. The number of nitrogens with zero attached hydrogens (tertiary/aromatic N) is 4. The van der Waals surface area contributed by atoms with E-state index in [0.717, 1.165) is 4.68 Å². The van der Waals surface area contributed by atoms with E-state index in [0.29, 0.717) is 5.69 Å². The predicted molar refractivity (Wildman–Crippen MR) is 56.2 cm³/mol. The van der Waals surface area contributed by atoms with E-state index in [1.807, 2.05) is 18.2 Å². The predicted octanol–water partition coefficient (Wildman–Crippen LogP) is 1.19. The van der Waals surface area contributed by atoms with Gasteiger partial charge < -0.3 is 0 Å². The first-order chi connectivity index (χ1) is 7.20. The van der Waals surface area contributed by atoms with Gasteiger partial charge in [0.25, 0.3) is 0 Å². The molecule has 0 aliphatic carbocycles. The van der Waals surface area contributed by atoms with Crippen molar-refractivity contribution < 1.29 is 0 Å². The zero-order valence-electron chi connectivity index (χ0n) is 8.04. The van der Waals surface area contributed by atoms with Crippen molar-refractivity contribution in [3.63, 3.8) is 0 Å². The highest BCUT2D eigenvalue weighted by molar-refractivity contribution is 6.18. The quantitative estimate of drug-likeness (QED) is 0.720. The number of alkyl halides is 1. The molecule has 1 aromatic heterocycles. The molecule has 0 N–H and O–H groups in total. The molecule has 0 spiro atoms. The molecule has 78 valence electrons. The molecule has 2 rings (SSSR count). The number of halogens is 1. The van der Waals surface area contributed by atoms with Crippen molar-refractivity contribution in [2.75, 3.05) is 0 Å². The molecule has 0 aliphatic heterocycles. The molecule has 1 aromatic carbocycles. The lowest BCUT2D eigenvalue weighted by atomic mass is 10.3. The minimum absolute atomic E-state index is 0.344. The third-order valence-electron chi connectivity index (χ3n) is 1.94. The van der Waals surface area contributed by atoms with E-state index in [4.69, 9.17) is 11.6 Å². The Balaban J connectivity index is 2.52.